The first kappa shape index (κ1) is 12.3. The summed E-state index contributed by atoms with van der Waals surface area (Å²) in [4.78, 5) is 13.7. The third-order valence-corrected chi connectivity index (χ3v) is 2.36. The first-order valence-corrected chi connectivity index (χ1v) is 4.94. The molecule has 1 aromatic carbocycles. The molecule has 0 bridgehead atoms. The van der Waals surface area contributed by atoms with Gasteiger partial charge in [-0.05, 0) is 12.1 Å². The molecule has 0 saturated heterocycles. The molecule has 0 atom stereocenters. The maximum absolute atomic E-state index is 13.3. The zero-order valence-electron chi connectivity index (χ0n) is 8.88. The lowest BCUT2D eigenvalue weighted by molar-refractivity contribution is -0.139. The van der Waals surface area contributed by atoms with Crippen molar-refractivity contribution in [1.29, 1.82) is 0 Å². The van der Waals surface area contributed by atoms with Crippen LogP contribution in [0.3, 0.4) is 0 Å². The third kappa shape index (κ3) is 2.42. The van der Waals surface area contributed by atoms with Crippen LogP contribution in [0.25, 0.3) is 11.3 Å². The van der Waals surface area contributed by atoms with Gasteiger partial charge in [-0.15, -0.1) is 0 Å². The Morgan fingerprint density at radius 3 is 2.33 bits per heavy atom. The number of alkyl halides is 3. The fourth-order valence-corrected chi connectivity index (χ4v) is 1.52. The van der Waals surface area contributed by atoms with Crippen LogP contribution in [0.1, 0.15) is 5.56 Å². The molecule has 0 radical (unpaired) electrons. The average molecular weight is 257 g/mol. The summed E-state index contributed by atoms with van der Waals surface area (Å²) in [6, 6.07) is 4.94. The van der Waals surface area contributed by atoms with Gasteiger partial charge in [0, 0.05) is 29.6 Å². The summed E-state index contributed by atoms with van der Waals surface area (Å²) in [7, 11) is 0. The minimum Gasteiger partial charge on any atom is -0.361 e. The van der Waals surface area contributed by atoms with Crippen molar-refractivity contribution in [2.75, 3.05) is 0 Å². The van der Waals surface area contributed by atoms with Crippen molar-refractivity contribution in [3.63, 3.8) is 0 Å². The van der Waals surface area contributed by atoms with Crippen molar-refractivity contribution in [2.45, 2.75) is 6.18 Å². The van der Waals surface area contributed by atoms with E-state index in [9.17, 15) is 22.4 Å². The molecule has 0 aliphatic carbocycles. The van der Waals surface area contributed by atoms with E-state index in [1.165, 1.54) is 18.3 Å². The zero-order chi connectivity index (χ0) is 13.3. The van der Waals surface area contributed by atoms with E-state index in [2.05, 4.69) is 4.98 Å². The van der Waals surface area contributed by atoms with Crippen LogP contribution in [0.4, 0.5) is 17.6 Å². The second kappa shape index (κ2) is 4.29. The number of rotatable bonds is 1. The van der Waals surface area contributed by atoms with Crippen molar-refractivity contribution < 1.29 is 17.6 Å². The highest BCUT2D eigenvalue weighted by Gasteiger charge is 2.33. The molecule has 0 fully saturated rings. The van der Waals surface area contributed by atoms with Gasteiger partial charge in [-0.25, -0.2) is 4.39 Å². The highest BCUT2D eigenvalue weighted by atomic mass is 19.4. The van der Waals surface area contributed by atoms with E-state index in [1.54, 1.807) is 0 Å². The predicted octanol–water partition coefficient (Wildman–Crippen LogP) is 3.20. The number of benzene rings is 1. The summed E-state index contributed by atoms with van der Waals surface area (Å²) >= 11 is 0. The van der Waals surface area contributed by atoms with E-state index in [1.807, 2.05) is 0 Å². The van der Waals surface area contributed by atoms with Crippen LogP contribution in [-0.4, -0.2) is 4.98 Å². The average Bonchev–Trinajstić information content (AvgIpc) is 2.27. The summed E-state index contributed by atoms with van der Waals surface area (Å²) in [5.74, 6) is -1.37. The summed E-state index contributed by atoms with van der Waals surface area (Å²) in [5.41, 5.74) is -1.21. The number of aromatic nitrogens is 1. The molecule has 0 unspecified atom stereocenters. The lowest BCUT2D eigenvalue weighted by Crippen LogP contribution is -2.08. The molecular formula is C12H7F4NO. The van der Waals surface area contributed by atoms with E-state index in [-0.39, 0.29) is 16.7 Å². The van der Waals surface area contributed by atoms with Gasteiger partial charge in [0.25, 0.3) is 0 Å². The molecule has 0 saturated carbocycles. The predicted molar refractivity (Wildman–Crippen MR) is 57.5 cm³/mol. The standard InChI is InChI=1S/C12H7F4NO/c13-10-5-7(1-2-9(10)12(14,15)16)11-6-8(18)3-4-17-11/h1-6H,(H,17,18). The van der Waals surface area contributed by atoms with Crippen LogP contribution >= 0.6 is 0 Å². The molecule has 0 aliphatic heterocycles. The lowest BCUT2D eigenvalue weighted by atomic mass is 10.1. The van der Waals surface area contributed by atoms with Crippen LogP contribution < -0.4 is 5.43 Å². The Kier molecular flexibility index (Phi) is 2.94. The van der Waals surface area contributed by atoms with Crippen molar-refractivity contribution >= 4 is 0 Å². The quantitative estimate of drug-likeness (QED) is 0.782. The first-order valence-electron chi connectivity index (χ1n) is 4.94. The third-order valence-electron chi connectivity index (χ3n) is 2.36. The van der Waals surface area contributed by atoms with E-state index in [4.69, 9.17) is 0 Å². The largest absolute Gasteiger partial charge is 0.419 e. The number of hydrogen-bond acceptors (Lipinski definition) is 1. The molecule has 1 aromatic heterocycles. The summed E-state index contributed by atoms with van der Waals surface area (Å²) < 4.78 is 50.4. The van der Waals surface area contributed by atoms with Crippen LogP contribution in [0.15, 0.2) is 41.3 Å². The van der Waals surface area contributed by atoms with Gasteiger partial charge < -0.3 is 4.98 Å². The molecule has 2 aromatic rings. The zero-order valence-corrected chi connectivity index (χ0v) is 8.88. The Bertz CT molecular complexity index is 630. The Morgan fingerprint density at radius 2 is 1.78 bits per heavy atom. The van der Waals surface area contributed by atoms with Crippen molar-refractivity contribution in [2.24, 2.45) is 0 Å². The summed E-state index contributed by atoms with van der Waals surface area (Å²) in [6.45, 7) is 0. The Balaban J connectivity index is 2.50. The molecule has 1 heterocycles. The number of hydrogen-bond donors (Lipinski definition) is 1. The molecule has 94 valence electrons. The number of aromatic amines is 1. The van der Waals surface area contributed by atoms with Crippen LogP contribution in [0, 0.1) is 5.82 Å². The van der Waals surface area contributed by atoms with Crippen LogP contribution in [0.2, 0.25) is 0 Å². The van der Waals surface area contributed by atoms with Crippen molar-refractivity contribution in [1.82, 2.24) is 4.98 Å². The molecule has 0 amide bonds. The second-order valence-electron chi connectivity index (χ2n) is 3.63. The molecule has 0 spiro atoms. The van der Waals surface area contributed by atoms with Crippen LogP contribution in [-0.2, 0) is 6.18 Å². The summed E-state index contributed by atoms with van der Waals surface area (Å²) in [5, 5.41) is 0. The maximum Gasteiger partial charge on any atom is 0.419 e. The van der Waals surface area contributed by atoms with Crippen LogP contribution in [0.5, 0.6) is 0 Å². The molecular weight excluding hydrogens is 250 g/mol. The molecule has 0 aliphatic rings. The van der Waals surface area contributed by atoms with E-state index in [0.717, 1.165) is 12.1 Å². The van der Waals surface area contributed by atoms with E-state index < -0.39 is 17.6 Å². The topological polar surface area (TPSA) is 32.9 Å². The van der Waals surface area contributed by atoms with E-state index >= 15 is 0 Å². The molecule has 1 N–H and O–H groups in total. The summed E-state index contributed by atoms with van der Waals surface area (Å²) in [6.07, 6.45) is -3.39. The van der Waals surface area contributed by atoms with Gasteiger partial charge in [0.05, 0.1) is 5.56 Å². The Hall–Kier alpha value is -2.11. The smallest absolute Gasteiger partial charge is 0.361 e. The minimum absolute atomic E-state index is 0.179. The molecule has 2 nitrogen and oxygen atoms in total. The normalized spacial score (nSPS) is 11.6. The number of pyridine rings is 1. The van der Waals surface area contributed by atoms with Gasteiger partial charge in [0.2, 0.25) is 0 Å². The van der Waals surface area contributed by atoms with Crippen molar-refractivity contribution in [3.05, 3.63) is 58.1 Å². The SMILES string of the molecule is O=c1cc[nH]c(-c2ccc(C(F)(F)F)c(F)c2)c1. The molecule has 2 rings (SSSR count). The number of nitrogens with one attached hydrogen (secondary N) is 1. The van der Waals surface area contributed by atoms with Gasteiger partial charge in [0.1, 0.15) is 5.82 Å². The first-order chi connectivity index (χ1) is 8.38. The highest BCUT2D eigenvalue weighted by molar-refractivity contribution is 5.59. The molecule has 18 heavy (non-hydrogen) atoms. The maximum atomic E-state index is 13.3. The Morgan fingerprint density at radius 1 is 1.06 bits per heavy atom. The fourth-order valence-electron chi connectivity index (χ4n) is 1.52. The van der Waals surface area contributed by atoms with E-state index in [0.29, 0.717) is 6.07 Å². The van der Waals surface area contributed by atoms with Crippen molar-refractivity contribution in [3.8, 4) is 11.3 Å². The lowest BCUT2D eigenvalue weighted by Gasteiger charge is -2.09. The molecule has 6 heteroatoms. The monoisotopic (exact) mass is 257 g/mol. The Labute approximate surface area is 98.9 Å². The fraction of sp³-hybridized carbons (Fsp3) is 0.0833. The highest BCUT2D eigenvalue weighted by Crippen LogP contribution is 2.32. The number of H-pyrrole nitrogens is 1. The van der Waals surface area contributed by atoms with Gasteiger partial charge in [-0.2, -0.15) is 13.2 Å². The number of halogens is 4. The van der Waals surface area contributed by atoms with Gasteiger partial charge in [-0.1, -0.05) is 6.07 Å². The van der Waals surface area contributed by atoms with Gasteiger partial charge in [0.15, 0.2) is 5.43 Å². The van der Waals surface area contributed by atoms with Gasteiger partial charge in [-0.3, -0.25) is 4.79 Å². The van der Waals surface area contributed by atoms with Gasteiger partial charge >= 0.3 is 6.18 Å². The minimum atomic E-state index is -4.73. The second-order valence-corrected chi connectivity index (χ2v) is 3.63.